The van der Waals surface area contributed by atoms with Crippen molar-refractivity contribution in [2.45, 2.75) is 31.1 Å². The van der Waals surface area contributed by atoms with Gasteiger partial charge in [0.05, 0.1) is 11.6 Å². The molecule has 3 rings (SSSR count). The Morgan fingerprint density at radius 3 is 2.60 bits per heavy atom. The molecule has 0 saturated heterocycles. The molecule has 1 aliphatic rings. The van der Waals surface area contributed by atoms with Crippen LogP contribution in [0.4, 0.5) is 0 Å². The van der Waals surface area contributed by atoms with E-state index in [9.17, 15) is 9.90 Å². The largest absolute Gasteiger partial charge is 0.489 e. The molecule has 2 aromatic carbocycles. The van der Waals surface area contributed by atoms with Gasteiger partial charge in [-0.2, -0.15) is 0 Å². The van der Waals surface area contributed by atoms with E-state index < -0.39 is 11.6 Å². The second-order valence-corrected chi connectivity index (χ2v) is 6.23. The Labute approximate surface area is 153 Å². The fraction of sp³-hybridized carbons (Fsp3) is 0.316. The molecule has 0 bridgehead atoms. The second-order valence-electron chi connectivity index (χ2n) is 6.23. The van der Waals surface area contributed by atoms with Crippen molar-refractivity contribution in [1.29, 1.82) is 0 Å². The van der Waals surface area contributed by atoms with Crippen molar-refractivity contribution < 1.29 is 14.6 Å². The zero-order chi connectivity index (χ0) is 17.0. The monoisotopic (exact) mass is 362 g/mol. The summed E-state index contributed by atoms with van der Waals surface area (Å²) in [5.74, 6) is 0.484. The molecule has 25 heavy (non-hydrogen) atoms. The van der Waals surface area contributed by atoms with E-state index in [1.165, 1.54) is 0 Å². The van der Waals surface area contributed by atoms with Gasteiger partial charge in [-0.3, -0.25) is 4.79 Å². The van der Waals surface area contributed by atoms with E-state index >= 15 is 0 Å². The van der Waals surface area contributed by atoms with Crippen molar-refractivity contribution in [3.05, 3.63) is 65.7 Å². The van der Waals surface area contributed by atoms with E-state index in [0.717, 1.165) is 5.56 Å². The van der Waals surface area contributed by atoms with Crippen molar-refractivity contribution in [2.24, 2.45) is 5.73 Å². The number of amides is 1. The standard InChI is InChI=1S/C19H22N2O3.ClH/c20-19(9-10-19)18(23)21-12-17(22)15-7-4-8-16(11-15)24-13-14-5-2-1-3-6-14;/h1-8,11,17,22H,9-10,12-13,20H2,(H,21,23);1H. The normalized spacial score (nSPS) is 15.6. The first-order valence-corrected chi connectivity index (χ1v) is 8.09. The number of hydrogen-bond donors (Lipinski definition) is 3. The minimum Gasteiger partial charge on any atom is -0.489 e. The second kappa shape index (κ2) is 8.34. The first kappa shape index (κ1) is 19.2. The van der Waals surface area contributed by atoms with Gasteiger partial charge in [0.2, 0.25) is 5.91 Å². The third-order valence-corrected chi connectivity index (χ3v) is 4.19. The summed E-state index contributed by atoms with van der Waals surface area (Å²) in [6.45, 7) is 0.604. The van der Waals surface area contributed by atoms with Crippen LogP contribution in [0, 0.1) is 0 Å². The summed E-state index contributed by atoms with van der Waals surface area (Å²) in [6, 6.07) is 17.1. The lowest BCUT2D eigenvalue weighted by Gasteiger charge is -2.15. The Bertz CT molecular complexity index is 705. The molecule has 1 amide bonds. The van der Waals surface area contributed by atoms with Crippen LogP contribution in [-0.2, 0) is 11.4 Å². The summed E-state index contributed by atoms with van der Waals surface area (Å²) >= 11 is 0. The number of hydrogen-bond acceptors (Lipinski definition) is 4. The molecule has 0 spiro atoms. The molecule has 1 unspecified atom stereocenters. The van der Waals surface area contributed by atoms with Gasteiger partial charge in [0.1, 0.15) is 12.4 Å². The van der Waals surface area contributed by atoms with Crippen molar-refractivity contribution >= 4 is 18.3 Å². The quantitative estimate of drug-likeness (QED) is 0.705. The number of ether oxygens (including phenoxy) is 1. The molecule has 2 aromatic rings. The molecule has 5 nitrogen and oxygen atoms in total. The van der Waals surface area contributed by atoms with E-state index in [4.69, 9.17) is 10.5 Å². The first-order valence-electron chi connectivity index (χ1n) is 8.09. The number of nitrogens with two attached hydrogens (primary N) is 1. The van der Waals surface area contributed by atoms with Crippen molar-refractivity contribution in [1.82, 2.24) is 5.32 Å². The van der Waals surface area contributed by atoms with E-state index in [1.54, 1.807) is 6.07 Å². The molecule has 1 aliphatic carbocycles. The predicted octanol–water partition coefficient (Wildman–Crippen LogP) is 2.33. The van der Waals surface area contributed by atoms with Crippen LogP contribution in [0.2, 0.25) is 0 Å². The molecule has 134 valence electrons. The highest BCUT2D eigenvalue weighted by molar-refractivity contribution is 5.88. The van der Waals surface area contributed by atoms with Crippen molar-refractivity contribution in [2.75, 3.05) is 6.54 Å². The Morgan fingerprint density at radius 1 is 1.20 bits per heavy atom. The Morgan fingerprint density at radius 2 is 1.92 bits per heavy atom. The van der Waals surface area contributed by atoms with Crippen LogP contribution < -0.4 is 15.8 Å². The van der Waals surface area contributed by atoms with Gasteiger partial charge in [0.25, 0.3) is 0 Å². The molecule has 0 heterocycles. The number of rotatable bonds is 7. The highest BCUT2D eigenvalue weighted by Crippen LogP contribution is 2.32. The van der Waals surface area contributed by atoms with Gasteiger partial charge in [-0.15, -0.1) is 12.4 Å². The van der Waals surface area contributed by atoms with E-state index in [-0.39, 0.29) is 24.9 Å². The Balaban J connectivity index is 0.00000225. The summed E-state index contributed by atoms with van der Waals surface area (Å²) in [5.41, 5.74) is 6.87. The van der Waals surface area contributed by atoms with Gasteiger partial charge in [-0.05, 0) is 36.1 Å². The van der Waals surface area contributed by atoms with Crippen LogP contribution in [0.5, 0.6) is 5.75 Å². The summed E-state index contributed by atoms with van der Waals surface area (Å²) < 4.78 is 5.75. The average Bonchev–Trinajstić information content (AvgIpc) is 3.37. The Hall–Kier alpha value is -2.08. The van der Waals surface area contributed by atoms with E-state index in [2.05, 4.69) is 5.32 Å². The summed E-state index contributed by atoms with van der Waals surface area (Å²) in [5, 5.41) is 13.0. The average molecular weight is 363 g/mol. The topological polar surface area (TPSA) is 84.6 Å². The minimum absolute atomic E-state index is 0. The maximum atomic E-state index is 11.8. The summed E-state index contributed by atoms with van der Waals surface area (Å²) in [7, 11) is 0. The van der Waals surface area contributed by atoms with Crippen LogP contribution in [0.25, 0.3) is 0 Å². The number of carbonyl (C=O) groups is 1. The zero-order valence-corrected chi connectivity index (χ0v) is 14.7. The third-order valence-electron chi connectivity index (χ3n) is 4.19. The molecule has 0 aliphatic heterocycles. The van der Waals surface area contributed by atoms with Crippen LogP contribution in [0.3, 0.4) is 0 Å². The van der Waals surface area contributed by atoms with Crippen LogP contribution in [-0.4, -0.2) is 23.1 Å². The SMILES string of the molecule is Cl.NC1(C(=O)NCC(O)c2cccc(OCc3ccccc3)c2)CC1. The maximum Gasteiger partial charge on any atom is 0.240 e. The number of nitrogens with one attached hydrogen (secondary N) is 1. The minimum atomic E-state index is -0.795. The fourth-order valence-electron chi connectivity index (χ4n) is 2.40. The molecular formula is C19H23ClN2O3. The fourth-order valence-corrected chi connectivity index (χ4v) is 2.40. The van der Waals surface area contributed by atoms with Crippen LogP contribution >= 0.6 is 12.4 Å². The molecule has 0 radical (unpaired) electrons. The molecule has 1 fully saturated rings. The van der Waals surface area contributed by atoms with Crippen molar-refractivity contribution in [3.8, 4) is 5.75 Å². The lowest BCUT2D eigenvalue weighted by Crippen LogP contribution is -2.44. The van der Waals surface area contributed by atoms with Gasteiger partial charge < -0.3 is 20.9 Å². The van der Waals surface area contributed by atoms with Gasteiger partial charge >= 0.3 is 0 Å². The number of halogens is 1. The van der Waals surface area contributed by atoms with Crippen LogP contribution in [0.1, 0.15) is 30.1 Å². The third kappa shape index (κ3) is 5.19. The predicted molar refractivity (Wildman–Crippen MR) is 98.6 cm³/mol. The molecule has 0 aromatic heterocycles. The number of benzene rings is 2. The van der Waals surface area contributed by atoms with Gasteiger partial charge in [-0.1, -0.05) is 42.5 Å². The highest BCUT2D eigenvalue weighted by Gasteiger charge is 2.45. The van der Waals surface area contributed by atoms with Gasteiger partial charge in [-0.25, -0.2) is 0 Å². The zero-order valence-electron chi connectivity index (χ0n) is 13.9. The molecule has 6 heteroatoms. The van der Waals surface area contributed by atoms with Gasteiger partial charge in [0.15, 0.2) is 0 Å². The summed E-state index contributed by atoms with van der Waals surface area (Å²) in [4.78, 5) is 11.8. The lowest BCUT2D eigenvalue weighted by molar-refractivity contribution is -0.123. The number of aliphatic hydroxyl groups is 1. The smallest absolute Gasteiger partial charge is 0.240 e. The van der Waals surface area contributed by atoms with E-state index in [1.807, 2.05) is 48.5 Å². The molecular weight excluding hydrogens is 340 g/mol. The first-order chi connectivity index (χ1) is 11.6. The Kier molecular flexibility index (Phi) is 6.42. The maximum absolute atomic E-state index is 11.8. The molecule has 1 saturated carbocycles. The molecule has 1 atom stereocenters. The summed E-state index contributed by atoms with van der Waals surface area (Å²) in [6.07, 6.45) is 0.617. The number of aliphatic hydroxyl groups excluding tert-OH is 1. The van der Waals surface area contributed by atoms with Crippen LogP contribution in [0.15, 0.2) is 54.6 Å². The highest BCUT2D eigenvalue weighted by atomic mass is 35.5. The molecule has 4 N–H and O–H groups in total. The van der Waals surface area contributed by atoms with Crippen molar-refractivity contribution in [3.63, 3.8) is 0 Å². The van der Waals surface area contributed by atoms with E-state index in [0.29, 0.717) is 30.8 Å². The number of carbonyl (C=O) groups excluding carboxylic acids is 1. The lowest BCUT2D eigenvalue weighted by atomic mass is 10.1. The van der Waals surface area contributed by atoms with Gasteiger partial charge in [0, 0.05) is 6.54 Å².